The highest BCUT2D eigenvalue weighted by Gasteiger charge is 2.26. The molecule has 4 nitrogen and oxygen atoms in total. The number of nitrogens with one attached hydrogen (secondary N) is 2. The molecule has 0 aliphatic carbocycles. The third-order valence-corrected chi connectivity index (χ3v) is 2.83. The van der Waals surface area contributed by atoms with Crippen molar-refractivity contribution in [3.63, 3.8) is 0 Å². The Morgan fingerprint density at radius 1 is 1.50 bits per heavy atom. The smallest absolute Gasteiger partial charge is 0.407 e. The van der Waals surface area contributed by atoms with Crippen LogP contribution >= 0.6 is 0 Å². The topological polar surface area (TPSA) is 50.4 Å². The molecule has 1 aliphatic rings. The fourth-order valence-corrected chi connectivity index (χ4v) is 2.00. The first-order chi connectivity index (χ1) is 7.42. The van der Waals surface area contributed by atoms with Crippen LogP contribution in [-0.2, 0) is 4.74 Å². The molecule has 16 heavy (non-hydrogen) atoms. The summed E-state index contributed by atoms with van der Waals surface area (Å²) >= 11 is 0. The Hall–Kier alpha value is -0.770. The normalized spacial score (nSPS) is 26.2. The van der Waals surface area contributed by atoms with E-state index < -0.39 is 5.60 Å². The number of alkyl carbamates (subject to hydrolysis) is 1. The highest BCUT2D eigenvalue weighted by Crippen LogP contribution is 2.15. The summed E-state index contributed by atoms with van der Waals surface area (Å²) in [6, 6.07) is 0.251. The Bertz CT molecular complexity index is 236. The largest absolute Gasteiger partial charge is 0.444 e. The molecule has 1 rings (SSSR count). The van der Waals surface area contributed by atoms with E-state index in [0.717, 1.165) is 25.9 Å². The summed E-state index contributed by atoms with van der Waals surface area (Å²) < 4.78 is 5.26. The lowest BCUT2D eigenvalue weighted by Crippen LogP contribution is -2.50. The van der Waals surface area contributed by atoms with E-state index in [9.17, 15) is 4.79 Å². The van der Waals surface area contributed by atoms with E-state index in [1.807, 2.05) is 20.8 Å². The lowest BCUT2D eigenvalue weighted by atomic mass is 9.91. The Morgan fingerprint density at radius 2 is 2.19 bits per heavy atom. The van der Waals surface area contributed by atoms with Gasteiger partial charge in [-0.2, -0.15) is 0 Å². The Labute approximate surface area is 98.1 Å². The number of carbonyl (C=O) groups excluding carboxylic acids is 1. The van der Waals surface area contributed by atoms with Crippen LogP contribution in [0.25, 0.3) is 0 Å². The van der Waals surface area contributed by atoms with Gasteiger partial charge < -0.3 is 15.4 Å². The van der Waals surface area contributed by atoms with Gasteiger partial charge in [-0.05, 0) is 46.2 Å². The maximum absolute atomic E-state index is 11.6. The van der Waals surface area contributed by atoms with Crippen molar-refractivity contribution in [1.29, 1.82) is 0 Å². The average Bonchev–Trinajstić information content (AvgIpc) is 2.15. The third kappa shape index (κ3) is 4.39. The second-order valence-corrected chi connectivity index (χ2v) is 5.41. The molecule has 0 saturated carbocycles. The maximum Gasteiger partial charge on any atom is 0.407 e. The SMILES string of the molecule is CC[C@H]1CNCC[C@@H]1NC(=O)OC(C)(C)C. The van der Waals surface area contributed by atoms with Gasteiger partial charge in [0, 0.05) is 6.04 Å². The summed E-state index contributed by atoms with van der Waals surface area (Å²) in [4.78, 5) is 11.6. The number of carbonyl (C=O) groups is 1. The fourth-order valence-electron chi connectivity index (χ4n) is 2.00. The molecule has 0 radical (unpaired) electrons. The van der Waals surface area contributed by atoms with Gasteiger partial charge in [0.25, 0.3) is 0 Å². The first-order valence-corrected chi connectivity index (χ1v) is 6.12. The maximum atomic E-state index is 11.6. The highest BCUT2D eigenvalue weighted by molar-refractivity contribution is 5.68. The predicted octanol–water partition coefficient (Wildman–Crippen LogP) is 1.90. The molecule has 1 saturated heterocycles. The molecular formula is C12H24N2O2. The molecule has 1 fully saturated rings. The van der Waals surface area contributed by atoms with E-state index in [1.165, 1.54) is 0 Å². The number of ether oxygens (including phenoxy) is 1. The van der Waals surface area contributed by atoms with Crippen LogP contribution in [0.5, 0.6) is 0 Å². The number of hydrogen-bond acceptors (Lipinski definition) is 3. The van der Waals surface area contributed by atoms with E-state index >= 15 is 0 Å². The lowest BCUT2D eigenvalue weighted by molar-refractivity contribution is 0.0473. The second kappa shape index (κ2) is 5.53. The predicted molar refractivity (Wildman–Crippen MR) is 64.4 cm³/mol. The van der Waals surface area contributed by atoms with Gasteiger partial charge in [-0.3, -0.25) is 0 Å². The summed E-state index contributed by atoms with van der Waals surface area (Å²) in [5.41, 5.74) is -0.418. The Morgan fingerprint density at radius 3 is 2.75 bits per heavy atom. The zero-order valence-electron chi connectivity index (χ0n) is 10.8. The van der Waals surface area contributed by atoms with Crippen molar-refractivity contribution in [3.8, 4) is 0 Å². The van der Waals surface area contributed by atoms with Crippen LogP contribution in [0, 0.1) is 5.92 Å². The van der Waals surface area contributed by atoms with Crippen LogP contribution in [0.2, 0.25) is 0 Å². The van der Waals surface area contributed by atoms with Gasteiger partial charge in [-0.15, -0.1) is 0 Å². The van der Waals surface area contributed by atoms with Crippen LogP contribution < -0.4 is 10.6 Å². The van der Waals surface area contributed by atoms with Crippen LogP contribution in [-0.4, -0.2) is 30.8 Å². The standard InChI is InChI=1S/C12H24N2O2/c1-5-9-8-13-7-6-10(9)14-11(15)16-12(2,3)4/h9-10,13H,5-8H2,1-4H3,(H,14,15)/t9-,10-/m0/s1. The molecule has 94 valence electrons. The number of piperidine rings is 1. The molecule has 1 heterocycles. The molecule has 4 heteroatoms. The van der Waals surface area contributed by atoms with Crippen molar-refractivity contribution >= 4 is 6.09 Å². The second-order valence-electron chi connectivity index (χ2n) is 5.41. The summed E-state index contributed by atoms with van der Waals surface area (Å²) in [6.45, 7) is 9.75. The molecule has 0 spiro atoms. The quantitative estimate of drug-likeness (QED) is 0.759. The van der Waals surface area contributed by atoms with E-state index in [2.05, 4.69) is 17.6 Å². The summed E-state index contributed by atoms with van der Waals surface area (Å²) in [6.07, 6.45) is 1.77. The van der Waals surface area contributed by atoms with Gasteiger partial charge in [-0.1, -0.05) is 13.3 Å². The molecule has 0 unspecified atom stereocenters. The van der Waals surface area contributed by atoms with E-state index in [-0.39, 0.29) is 12.1 Å². The van der Waals surface area contributed by atoms with E-state index in [0.29, 0.717) is 5.92 Å². The first-order valence-electron chi connectivity index (χ1n) is 6.12. The average molecular weight is 228 g/mol. The molecule has 1 amide bonds. The Kier molecular flexibility index (Phi) is 4.59. The van der Waals surface area contributed by atoms with Crippen LogP contribution in [0.15, 0.2) is 0 Å². The number of amides is 1. The zero-order chi connectivity index (χ0) is 12.2. The van der Waals surface area contributed by atoms with Crippen molar-refractivity contribution in [2.75, 3.05) is 13.1 Å². The monoisotopic (exact) mass is 228 g/mol. The number of hydrogen-bond donors (Lipinski definition) is 2. The molecule has 0 aromatic rings. The minimum Gasteiger partial charge on any atom is -0.444 e. The van der Waals surface area contributed by atoms with Crippen LogP contribution in [0.4, 0.5) is 4.79 Å². The van der Waals surface area contributed by atoms with Gasteiger partial charge in [0.2, 0.25) is 0 Å². The van der Waals surface area contributed by atoms with Crippen molar-refractivity contribution < 1.29 is 9.53 Å². The van der Waals surface area contributed by atoms with E-state index in [1.54, 1.807) is 0 Å². The van der Waals surface area contributed by atoms with Gasteiger partial charge in [0.05, 0.1) is 0 Å². The summed E-state index contributed by atoms with van der Waals surface area (Å²) in [5.74, 6) is 0.515. The third-order valence-electron chi connectivity index (χ3n) is 2.83. The fraction of sp³-hybridized carbons (Fsp3) is 0.917. The zero-order valence-corrected chi connectivity index (χ0v) is 10.8. The Balaban J connectivity index is 2.42. The molecule has 1 aliphatic heterocycles. The van der Waals surface area contributed by atoms with Gasteiger partial charge in [-0.25, -0.2) is 4.79 Å². The molecule has 0 bridgehead atoms. The molecule has 2 atom stereocenters. The van der Waals surface area contributed by atoms with Gasteiger partial charge in [0.1, 0.15) is 5.60 Å². The summed E-state index contributed by atoms with van der Waals surface area (Å²) in [5, 5.41) is 6.32. The van der Waals surface area contributed by atoms with Crippen molar-refractivity contribution in [2.24, 2.45) is 5.92 Å². The minimum absolute atomic E-state index is 0.251. The number of rotatable bonds is 2. The molecular weight excluding hydrogens is 204 g/mol. The van der Waals surface area contributed by atoms with Crippen molar-refractivity contribution in [3.05, 3.63) is 0 Å². The highest BCUT2D eigenvalue weighted by atomic mass is 16.6. The summed E-state index contributed by atoms with van der Waals surface area (Å²) in [7, 11) is 0. The van der Waals surface area contributed by atoms with Crippen molar-refractivity contribution in [2.45, 2.75) is 52.2 Å². The van der Waals surface area contributed by atoms with Crippen molar-refractivity contribution in [1.82, 2.24) is 10.6 Å². The molecule has 0 aromatic carbocycles. The van der Waals surface area contributed by atoms with Crippen LogP contribution in [0.3, 0.4) is 0 Å². The minimum atomic E-state index is -0.418. The lowest BCUT2D eigenvalue weighted by Gasteiger charge is -2.32. The van der Waals surface area contributed by atoms with Crippen LogP contribution in [0.1, 0.15) is 40.5 Å². The first kappa shape index (κ1) is 13.3. The van der Waals surface area contributed by atoms with Gasteiger partial charge in [0.15, 0.2) is 0 Å². The van der Waals surface area contributed by atoms with Gasteiger partial charge >= 0.3 is 6.09 Å². The molecule has 2 N–H and O–H groups in total. The van der Waals surface area contributed by atoms with E-state index in [4.69, 9.17) is 4.74 Å². The molecule has 0 aromatic heterocycles.